The van der Waals surface area contributed by atoms with Crippen LogP contribution in [0.2, 0.25) is 0 Å². The van der Waals surface area contributed by atoms with Crippen molar-refractivity contribution >= 4 is 0 Å². The molecule has 0 spiro atoms. The second-order valence-corrected chi connectivity index (χ2v) is 6.91. The van der Waals surface area contributed by atoms with Crippen molar-refractivity contribution < 1.29 is 4.57 Å². The van der Waals surface area contributed by atoms with Crippen molar-refractivity contribution in [2.45, 2.75) is 31.2 Å². The zero-order valence-electron chi connectivity index (χ0n) is 13.3. The smallest absolute Gasteiger partial charge is 0.190 e. The zero-order valence-corrected chi connectivity index (χ0v) is 13.3. The van der Waals surface area contributed by atoms with E-state index < -0.39 is 0 Å². The predicted molar refractivity (Wildman–Crippen MR) is 91.6 cm³/mol. The van der Waals surface area contributed by atoms with Gasteiger partial charge in [0.1, 0.15) is 0 Å². The molecule has 6 rings (SSSR count). The molecule has 3 aliphatic rings. The summed E-state index contributed by atoms with van der Waals surface area (Å²) in [6.45, 7) is 2.16. The van der Waals surface area contributed by atoms with Crippen LogP contribution in [0.15, 0.2) is 72.9 Å². The summed E-state index contributed by atoms with van der Waals surface area (Å²) in [5.74, 6) is 1.05. The molecule has 3 unspecified atom stereocenters. The molecule has 112 valence electrons. The average molecular weight is 298 g/mol. The first-order valence-electron chi connectivity index (χ1n) is 8.48. The highest BCUT2D eigenvalue weighted by Crippen LogP contribution is 2.52. The SMILES string of the molecule is Cc1ccc(C2CC3c4ccccc4C2c2cccc[n+]23)cc1. The minimum atomic E-state index is 0.471. The van der Waals surface area contributed by atoms with E-state index in [1.54, 1.807) is 0 Å². The number of fused-ring (bicyclic) bond motifs is 1. The van der Waals surface area contributed by atoms with E-state index in [0.717, 1.165) is 0 Å². The van der Waals surface area contributed by atoms with Gasteiger partial charge in [0.25, 0.3) is 0 Å². The lowest BCUT2D eigenvalue weighted by molar-refractivity contribution is -0.731. The fraction of sp³-hybridized carbons (Fsp3) is 0.227. The molecule has 2 aromatic carbocycles. The van der Waals surface area contributed by atoms with Crippen LogP contribution in [0.25, 0.3) is 0 Å². The van der Waals surface area contributed by atoms with Crippen molar-refractivity contribution in [3.63, 3.8) is 0 Å². The monoisotopic (exact) mass is 298 g/mol. The van der Waals surface area contributed by atoms with E-state index in [2.05, 4.69) is 84.4 Å². The van der Waals surface area contributed by atoms with Crippen molar-refractivity contribution in [1.29, 1.82) is 0 Å². The first kappa shape index (κ1) is 13.1. The Hall–Kier alpha value is -2.41. The Labute approximate surface area is 137 Å². The van der Waals surface area contributed by atoms with E-state index in [4.69, 9.17) is 0 Å². The van der Waals surface area contributed by atoms with Crippen LogP contribution in [0.1, 0.15) is 52.2 Å². The Morgan fingerprint density at radius 1 is 0.826 bits per heavy atom. The Morgan fingerprint density at radius 3 is 2.39 bits per heavy atom. The molecule has 0 saturated heterocycles. The van der Waals surface area contributed by atoms with Gasteiger partial charge in [0.05, 0.1) is 5.92 Å². The molecular formula is C22H20N+. The molecule has 1 aromatic heterocycles. The van der Waals surface area contributed by atoms with E-state index >= 15 is 0 Å². The van der Waals surface area contributed by atoms with Gasteiger partial charge in [0.2, 0.25) is 0 Å². The van der Waals surface area contributed by atoms with Gasteiger partial charge in [0.15, 0.2) is 17.9 Å². The molecule has 2 aliphatic heterocycles. The molecule has 1 nitrogen and oxygen atoms in total. The van der Waals surface area contributed by atoms with Gasteiger partial charge in [-0.05, 0) is 18.1 Å². The largest absolute Gasteiger partial charge is 0.195 e. The van der Waals surface area contributed by atoms with Gasteiger partial charge >= 0.3 is 0 Å². The summed E-state index contributed by atoms with van der Waals surface area (Å²) < 4.78 is 2.50. The van der Waals surface area contributed by atoms with Gasteiger partial charge in [-0.1, -0.05) is 60.2 Å². The third kappa shape index (κ3) is 1.83. The molecule has 1 aliphatic carbocycles. The Morgan fingerprint density at radius 2 is 1.57 bits per heavy atom. The number of aryl methyl sites for hydroxylation is 1. The molecule has 3 heterocycles. The summed E-state index contributed by atoms with van der Waals surface area (Å²) in [7, 11) is 0. The van der Waals surface area contributed by atoms with Gasteiger partial charge in [-0.25, -0.2) is 0 Å². The summed E-state index contributed by atoms with van der Waals surface area (Å²) in [5.41, 5.74) is 7.33. The van der Waals surface area contributed by atoms with E-state index in [-0.39, 0.29) is 0 Å². The molecule has 0 radical (unpaired) electrons. The van der Waals surface area contributed by atoms with Gasteiger partial charge in [-0.2, -0.15) is 4.57 Å². The molecule has 1 heteroatoms. The van der Waals surface area contributed by atoms with Crippen molar-refractivity contribution in [2.75, 3.05) is 0 Å². The van der Waals surface area contributed by atoms with Gasteiger partial charge in [-0.15, -0.1) is 0 Å². The van der Waals surface area contributed by atoms with Crippen LogP contribution in [0.3, 0.4) is 0 Å². The maximum atomic E-state index is 2.50. The van der Waals surface area contributed by atoms with Crippen LogP contribution < -0.4 is 4.57 Å². The zero-order chi connectivity index (χ0) is 15.4. The number of hydrogen-bond acceptors (Lipinski definition) is 0. The minimum Gasteiger partial charge on any atom is -0.195 e. The lowest BCUT2D eigenvalue weighted by atomic mass is 9.65. The first-order valence-corrected chi connectivity index (χ1v) is 8.48. The van der Waals surface area contributed by atoms with Crippen molar-refractivity contribution in [2.24, 2.45) is 0 Å². The van der Waals surface area contributed by atoms with Crippen LogP contribution in [-0.4, -0.2) is 0 Å². The van der Waals surface area contributed by atoms with Crippen LogP contribution in [0, 0.1) is 6.92 Å². The van der Waals surface area contributed by atoms with Crippen molar-refractivity contribution in [1.82, 2.24) is 0 Å². The third-order valence-electron chi connectivity index (χ3n) is 5.65. The first-order chi connectivity index (χ1) is 11.3. The van der Waals surface area contributed by atoms with E-state index in [9.17, 15) is 0 Å². The maximum absolute atomic E-state index is 2.50. The Kier molecular flexibility index (Phi) is 2.72. The average Bonchev–Trinajstić information content (AvgIpc) is 2.62. The molecule has 2 bridgehead atoms. The molecule has 23 heavy (non-hydrogen) atoms. The fourth-order valence-electron chi connectivity index (χ4n) is 4.61. The highest BCUT2D eigenvalue weighted by Gasteiger charge is 2.49. The standard InChI is InChI=1S/C22H20N/c1-15-9-11-16(12-10-15)19-14-21-17-6-2-3-7-18(17)22(19)20-8-4-5-13-23(20)21/h2-13,19,21-22H,14H2,1H3/q+1. The Bertz CT molecular complexity index is 831. The van der Waals surface area contributed by atoms with Crippen LogP contribution in [0.5, 0.6) is 0 Å². The molecule has 3 atom stereocenters. The van der Waals surface area contributed by atoms with Crippen LogP contribution in [-0.2, 0) is 0 Å². The number of rotatable bonds is 1. The van der Waals surface area contributed by atoms with Crippen molar-refractivity contribution in [3.8, 4) is 0 Å². The highest BCUT2D eigenvalue weighted by molar-refractivity contribution is 5.45. The van der Waals surface area contributed by atoms with E-state index in [0.29, 0.717) is 17.9 Å². The molecule has 0 saturated carbocycles. The summed E-state index contributed by atoms with van der Waals surface area (Å²) in [6.07, 6.45) is 3.46. The van der Waals surface area contributed by atoms with Crippen LogP contribution >= 0.6 is 0 Å². The van der Waals surface area contributed by atoms with Crippen molar-refractivity contribution in [3.05, 3.63) is 101 Å². The molecule has 0 N–H and O–H groups in total. The second kappa shape index (κ2) is 4.79. The number of hydrogen-bond donors (Lipinski definition) is 0. The predicted octanol–water partition coefficient (Wildman–Crippen LogP) is 4.50. The third-order valence-corrected chi connectivity index (χ3v) is 5.65. The highest BCUT2D eigenvalue weighted by atomic mass is 15.0. The van der Waals surface area contributed by atoms with E-state index in [1.807, 2.05) is 0 Å². The van der Waals surface area contributed by atoms with Gasteiger partial charge < -0.3 is 0 Å². The number of aromatic nitrogens is 1. The summed E-state index contributed by atoms with van der Waals surface area (Å²) >= 11 is 0. The fourth-order valence-corrected chi connectivity index (χ4v) is 4.61. The Balaban J connectivity index is 1.72. The minimum absolute atomic E-state index is 0.471. The maximum Gasteiger partial charge on any atom is 0.190 e. The topological polar surface area (TPSA) is 3.88 Å². The number of nitrogens with zero attached hydrogens (tertiary/aromatic N) is 1. The molecule has 0 fully saturated rings. The quantitative estimate of drug-likeness (QED) is 0.582. The summed E-state index contributed by atoms with van der Waals surface area (Å²) in [6, 6.07) is 25.3. The normalized spacial score (nSPS) is 24.1. The summed E-state index contributed by atoms with van der Waals surface area (Å²) in [5, 5.41) is 0. The summed E-state index contributed by atoms with van der Waals surface area (Å²) in [4.78, 5) is 0. The number of pyridine rings is 1. The second-order valence-electron chi connectivity index (χ2n) is 6.91. The lowest BCUT2D eigenvalue weighted by Gasteiger charge is -2.40. The van der Waals surface area contributed by atoms with Crippen LogP contribution in [0.4, 0.5) is 0 Å². The molecular weight excluding hydrogens is 278 g/mol. The van der Waals surface area contributed by atoms with Gasteiger partial charge in [-0.3, -0.25) is 0 Å². The number of benzene rings is 2. The van der Waals surface area contributed by atoms with Gasteiger partial charge in [0, 0.05) is 30.0 Å². The molecule has 0 amide bonds. The molecule has 3 aromatic rings. The van der Waals surface area contributed by atoms with E-state index in [1.165, 1.54) is 34.4 Å². The lowest BCUT2D eigenvalue weighted by Crippen LogP contribution is -2.53.